The zero-order valence-corrected chi connectivity index (χ0v) is 10.8. The van der Waals surface area contributed by atoms with Crippen LogP contribution >= 0.6 is 0 Å². The van der Waals surface area contributed by atoms with Crippen molar-refractivity contribution in [1.29, 1.82) is 0 Å². The van der Waals surface area contributed by atoms with Crippen LogP contribution in [0.2, 0.25) is 0 Å². The first-order valence-electron chi connectivity index (χ1n) is 6.36. The molecule has 1 saturated heterocycles. The van der Waals surface area contributed by atoms with Gasteiger partial charge in [0.1, 0.15) is 0 Å². The minimum Gasteiger partial charge on any atom is -0.360 e. The minimum absolute atomic E-state index is 0.489. The number of nitrogens with zero attached hydrogens (tertiary/aromatic N) is 4. The molecule has 0 radical (unpaired) electrons. The van der Waals surface area contributed by atoms with Crippen LogP contribution in [0.15, 0.2) is 23.0 Å². The Morgan fingerprint density at radius 1 is 1.44 bits per heavy atom. The maximum absolute atomic E-state index is 5.26. The third-order valence-electron chi connectivity index (χ3n) is 3.41. The summed E-state index contributed by atoms with van der Waals surface area (Å²) in [6, 6.07) is 2.49. The summed E-state index contributed by atoms with van der Waals surface area (Å²) in [6.45, 7) is 6.99. The highest BCUT2D eigenvalue weighted by molar-refractivity contribution is 5.04. The molecule has 0 spiro atoms. The molecule has 18 heavy (non-hydrogen) atoms. The van der Waals surface area contributed by atoms with Gasteiger partial charge in [0.05, 0.1) is 24.5 Å². The summed E-state index contributed by atoms with van der Waals surface area (Å²) in [7, 11) is 0. The second kappa shape index (κ2) is 4.57. The van der Waals surface area contributed by atoms with E-state index in [0.717, 1.165) is 37.5 Å². The largest absolute Gasteiger partial charge is 0.360 e. The van der Waals surface area contributed by atoms with Gasteiger partial charge in [0.15, 0.2) is 5.76 Å². The van der Waals surface area contributed by atoms with Gasteiger partial charge in [-0.1, -0.05) is 5.16 Å². The van der Waals surface area contributed by atoms with E-state index in [-0.39, 0.29) is 0 Å². The van der Waals surface area contributed by atoms with Crippen molar-refractivity contribution in [3.63, 3.8) is 0 Å². The molecular weight excluding hydrogens is 228 g/mol. The number of hydrogen-bond donors (Lipinski definition) is 0. The van der Waals surface area contributed by atoms with Crippen LogP contribution in [0.1, 0.15) is 29.5 Å². The highest BCUT2D eigenvalue weighted by atomic mass is 16.5. The Bertz CT molecular complexity index is 531. The lowest BCUT2D eigenvalue weighted by Gasteiger charge is -2.14. The standard InChI is InChI=1S/C13H18N4O/c1-10-6-14-17(7-10)12-3-4-16(8-12)9-13-5-11(2)15-18-13/h5-7,12H,3-4,8-9H2,1-2H3. The summed E-state index contributed by atoms with van der Waals surface area (Å²) < 4.78 is 7.34. The zero-order chi connectivity index (χ0) is 12.5. The molecule has 2 aromatic rings. The van der Waals surface area contributed by atoms with Crippen molar-refractivity contribution in [3.8, 4) is 0 Å². The lowest BCUT2D eigenvalue weighted by atomic mass is 10.3. The topological polar surface area (TPSA) is 47.1 Å². The Morgan fingerprint density at radius 2 is 2.33 bits per heavy atom. The number of hydrogen-bond acceptors (Lipinski definition) is 4. The van der Waals surface area contributed by atoms with Gasteiger partial charge in [-0.2, -0.15) is 5.10 Å². The molecule has 1 unspecified atom stereocenters. The third-order valence-corrected chi connectivity index (χ3v) is 3.41. The molecule has 0 aromatic carbocycles. The van der Waals surface area contributed by atoms with Crippen molar-refractivity contribution in [2.75, 3.05) is 13.1 Å². The van der Waals surface area contributed by atoms with Crippen molar-refractivity contribution >= 4 is 0 Å². The van der Waals surface area contributed by atoms with Crippen molar-refractivity contribution in [2.24, 2.45) is 0 Å². The maximum atomic E-state index is 5.26. The molecule has 0 amide bonds. The lowest BCUT2D eigenvalue weighted by Crippen LogP contribution is -2.21. The average molecular weight is 246 g/mol. The Labute approximate surface area is 106 Å². The van der Waals surface area contributed by atoms with Crippen molar-refractivity contribution < 1.29 is 4.52 Å². The number of aryl methyl sites for hydroxylation is 2. The molecule has 1 aliphatic rings. The van der Waals surface area contributed by atoms with Gasteiger partial charge >= 0.3 is 0 Å². The predicted molar refractivity (Wildman–Crippen MR) is 67.1 cm³/mol. The van der Waals surface area contributed by atoms with Crippen LogP contribution in [0.5, 0.6) is 0 Å². The van der Waals surface area contributed by atoms with E-state index in [1.165, 1.54) is 5.56 Å². The summed E-state index contributed by atoms with van der Waals surface area (Å²) in [4.78, 5) is 2.39. The van der Waals surface area contributed by atoms with Crippen LogP contribution in [0.3, 0.4) is 0 Å². The number of likely N-dealkylation sites (tertiary alicyclic amines) is 1. The fourth-order valence-corrected chi connectivity index (χ4v) is 2.52. The van der Waals surface area contributed by atoms with Crippen molar-refractivity contribution in [1.82, 2.24) is 19.8 Å². The van der Waals surface area contributed by atoms with Crippen molar-refractivity contribution in [2.45, 2.75) is 32.9 Å². The van der Waals surface area contributed by atoms with E-state index in [9.17, 15) is 0 Å². The second-order valence-electron chi connectivity index (χ2n) is 5.11. The fraction of sp³-hybridized carbons (Fsp3) is 0.538. The second-order valence-corrected chi connectivity index (χ2v) is 5.11. The van der Waals surface area contributed by atoms with Gasteiger partial charge in [0, 0.05) is 25.4 Å². The summed E-state index contributed by atoms with van der Waals surface area (Å²) in [5.41, 5.74) is 2.17. The van der Waals surface area contributed by atoms with E-state index in [0.29, 0.717) is 6.04 Å². The summed E-state index contributed by atoms with van der Waals surface area (Å²) in [5, 5.41) is 8.32. The molecule has 0 aliphatic carbocycles. The summed E-state index contributed by atoms with van der Waals surface area (Å²) in [6.07, 6.45) is 5.18. The molecule has 1 atom stereocenters. The van der Waals surface area contributed by atoms with Gasteiger partial charge in [-0.05, 0) is 25.8 Å². The molecule has 5 heteroatoms. The molecule has 3 rings (SSSR count). The molecular formula is C13H18N4O. The van der Waals surface area contributed by atoms with E-state index >= 15 is 0 Å². The lowest BCUT2D eigenvalue weighted by molar-refractivity contribution is 0.263. The summed E-state index contributed by atoms with van der Waals surface area (Å²) >= 11 is 0. The van der Waals surface area contributed by atoms with E-state index < -0.39 is 0 Å². The maximum Gasteiger partial charge on any atom is 0.150 e. The molecule has 1 aliphatic heterocycles. The van der Waals surface area contributed by atoms with Gasteiger partial charge in [-0.15, -0.1) is 0 Å². The smallest absolute Gasteiger partial charge is 0.150 e. The fourth-order valence-electron chi connectivity index (χ4n) is 2.52. The molecule has 3 heterocycles. The summed E-state index contributed by atoms with van der Waals surface area (Å²) in [5.74, 6) is 0.949. The van der Waals surface area contributed by atoms with Crippen LogP contribution in [0.4, 0.5) is 0 Å². The molecule has 1 fully saturated rings. The van der Waals surface area contributed by atoms with Crippen LogP contribution in [-0.4, -0.2) is 32.9 Å². The van der Waals surface area contributed by atoms with Gasteiger partial charge in [0.25, 0.3) is 0 Å². The normalized spacial score (nSPS) is 20.7. The Kier molecular flexibility index (Phi) is 2.91. The molecule has 0 N–H and O–H groups in total. The van der Waals surface area contributed by atoms with Crippen LogP contribution < -0.4 is 0 Å². The van der Waals surface area contributed by atoms with Gasteiger partial charge in [-0.25, -0.2) is 0 Å². The number of rotatable bonds is 3. The Morgan fingerprint density at radius 3 is 3.00 bits per heavy atom. The number of aromatic nitrogens is 3. The zero-order valence-electron chi connectivity index (χ0n) is 10.8. The quantitative estimate of drug-likeness (QED) is 0.830. The molecule has 5 nitrogen and oxygen atoms in total. The van der Waals surface area contributed by atoms with Gasteiger partial charge < -0.3 is 4.52 Å². The first kappa shape index (κ1) is 11.5. The van der Waals surface area contributed by atoms with Crippen LogP contribution in [-0.2, 0) is 6.54 Å². The molecule has 0 saturated carbocycles. The van der Waals surface area contributed by atoms with Crippen molar-refractivity contribution in [3.05, 3.63) is 35.5 Å². The molecule has 2 aromatic heterocycles. The SMILES string of the molecule is Cc1cnn(C2CCN(Cc3cc(C)no3)C2)c1. The van der Waals surface area contributed by atoms with E-state index in [4.69, 9.17) is 4.52 Å². The van der Waals surface area contributed by atoms with Crippen LogP contribution in [0.25, 0.3) is 0 Å². The molecule has 96 valence electrons. The van der Waals surface area contributed by atoms with Crippen LogP contribution in [0, 0.1) is 13.8 Å². The Hall–Kier alpha value is -1.62. The monoisotopic (exact) mass is 246 g/mol. The highest BCUT2D eigenvalue weighted by Gasteiger charge is 2.25. The first-order valence-corrected chi connectivity index (χ1v) is 6.36. The minimum atomic E-state index is 0.489. The van der Waals surface area contributed by atoms with E-state index in [1.54, 1.807) is 0 Å². The van der Waals surface area contributed by atoms with Gasteiger partial charge in [-0.3, -0.25) is 9.58 Å². The highest BCUT2D eigenvalue weighted by Crippen LogP contribution is 2.22. The van der Waals surface area contributed by atoms with Gasteiger partial charge in [0.2, 0.25) is 0 Å². The average Bonchev–Trinajstić information content (AvgIpc) is 3.01. The first-order chi connectivity index (χ1) is 8.70. The third kappa shape index (κ3) is 2.31. The molecule has 0 bridgehead atoms. The Balaban J connectivity index is 1.61. The van der Waals surface area contributed by atoms with E-state index in [2.05, 4.69) is 33.0 Å². The predicted octanol–water partition coefficient (Wildman–Crippen LogP) is 1.93. The van der Waals surface area contributed by atoms with E-state index in [1.807, 2.05) is 19.2 Å².